The molecule has 0 spiro atoms. The molecule has 0 atom stereocenters. The number of aryl methyl sites for hydroxylation is 1. The van der Waals surface area contributed by atoms with Crippen LogP contribution < -0.4 is 5.32 Å². The summed E-state index contributed by atoms with van der Waals surface area (Å²) in [6.45, 7) is 7.68. The van der Waals surface area contributed by atoms with Gasteiger partial charge in [0.25, 0.3) is 0 Å². The lowest BCUT2D eigenvalue weighted by Crippen LogP contribution is -2.32. The molecule has 0 radical (unpaired) electrons. The molecule has 7 nitrogen and oxygen atoms in total. The largest absolute Gasteiger partial charge is 0.444 e. The Balaban J connectivity index is 1.66. The van der Waals surface area contributed by atoms with E-state index in [2.05, 4.69) is 26.3 Å². The Morgan fingerprint density at radius 1 is 1.24 bits per heavy atom. The number of nitrogens with zero attached hydrogens (tertiary/aromatic N) is 3. The third-order valence-electron chi connectivity index (χ3n) is 3.99. The number of nitrogens with one attached hydrogen (secondary N) is 2. The number of ether oxygens (including phenoxy) is 1. The highest BCUT2D eigenvalue weighted by atomic mass is 32.1. The van der Waals surface area contributed by atoms with Crippen LogP contribution in [0.15, 0.2) is 29.1 Å². The molecule has 1 amide bonds. The second kappa shape index (κ2) is 7.57. The number of carbonyl (C=O) groups is 1. The van der Waals surface area contributed by atoms with Crippen molar-refractivity contribution in [2.45, 2.75) is 39.8 Å². The summed E-state index contributed by atoms with van der Waals surface area (Å²) in [5, 5.41) is 5.61. The maximum atomic E-state index is 12.0. The maximum Gasteiger partial charge on any atom is 0.408 e. The Morgan fingerprint density at radius 3 is 2.79 bits per heavy atom. The van der Waals surface area contributed by atoms with Crippen molar-refractivity contribution in [3.63, 3.8) is 0 Å². The zero-order valence-electron chi connectivity index (χ0n) is 16.6. The van der Waals surface area contributed by atoms with Gasteiger partial charge in [-0.1, -0.05) is 6.07 Å². The summed E-state index contributed by atoms with van der Waals surface area (Å²) >= 11 is 3.15. The monoisotopic (exact) mass is 427 g/mol. The van der Waals surface area contributed by atoms with Crippen LogP contribution in [0.25, 0.3) is 32.2 Å². The van der Waals surface area contributed by atoms with Gasteiger partial charge in [-0.2, -0.15) is 0 Å². The minimum atomic E-state index is -0.549. The van der Waals surface area contributed by atoms with E-state index in [1.54, 1.807) is 22.7 Å². The fourth-order valence-electron chi connectivity index (χ4n) is 2.81. The van der Waals surface area contributed by atoms with Gasteiger partial charge in [-0.3, -0.25) is 0 Å². The lowest BCUT2D eigenvalue weighted by atomic mass is 10.1. The minimum Gasteiger partial charge on any atom is -0.444 e. The van der Waals surface area contributed by atoms with E-state index >= 15 is 0 Å². The fourth-order valence-corrected chi connectivity index (χ4v) is 4.32. The summed E-state index contributed by atoms with van der Waals surface area (Å²) in [6, 6.07) is 6.08. The molecule has 3 aromatic heterocycles. The first kappa shape index (κ1) is 19.5. The zero-order chi connectivity index (χ0) is 20.6. The Labute approximate surface area is 176 Å². The molecule has 0 aliphatic heterocycles. The molecule has 0 fully saturated rings. The number of aromatic nitrogens is 4. The fraction of sp³-hybridized carbons (Fsp3) is 0.300. The highest BCUT2D eigenvalue weighted by molar-refractivity contribution is 7.16. The number of imidazole rings is 1. The van der Waals surface area contributed by atoms with Gasteiger partial charge in [0, 0.05) is 16.6 Å². The van der Waals surface area contributed by atoms with Crippen LogP contribution in [-0.2, 0) is 11.3 Å². The smallest absolute Gasteiger partial charge is 0.408 e. The molecule has 4 aromatic rings. The van der Waals surface area contributed by atoms with Crippen molar-refractivity contribution < 1.29 is 9.53 Å². The number of rotatable bonds is 4. The summed E-state index contributed by atoms with van der Waals surface area (Å²) in [6.07, 6.45) is -0.479. The molecule has 0 aliphatic rings. The average molecular weight is 428 g/mol. The SMILES string of the molecule is Cc1csc(-c2[nH]c(CNC(=O)OC(C)(C)C)nc2-c2ccc3ncsc3c2)n1. The van der Waals surface area contributed by atoms with Crippen molar-refractivity contribution in [3.05, 3.63) is 40.6 Å². The molecular weight excluding hydrogens is 406 g/mol. The lowest BCUT2D eigenvalue weighted by molar-refractivity contribution is 0.0522. The van der Waals surface area contributed by atoms with Crippen molar-refractivity contribution in [2.75, 3.05) is 0 Å². The van der Waals surface area contributed by atoms with Gasteiger partial charge in [0.15, 0.2) is 0 Å². The van der Waals surface area contributed by atoms with Crippen molar-refractivity contribution in [1.29, 1.82) is 0 Å². The zero-order valence-corrected chi connectivity index (χ0v) is 18.2. The highest BCUT2D eigenvalue weighted by Gasteiger charge is 2.19. The molecule has 0 aliphatic carbocycles. The van der Waals surface area contributed by atoms with Gasteiger partial charge in [-0.05, 0) is 39.8 Å². The Morgan fingerprint density at radius 2 is 2.07 bits per heavy atom. The predicted octanol–water partition coefficient (Wildman–Crippen LogP) is 5.14. The molecule has 150 valence electrons. The van der Waals surface area contributed by atoms with Gasteiger partial charge >= 0.3 is 6.09 Å². The summed E-state index contributed by atoms with van der Waals surface area (Å²) in [5.74, 6) is 0.637. The number of hydrogen-bond donors (Lipinski definition) is 2. The van der Waals surface area contributed by atoms with Crippen molar-refractivity contribution in [2.24, 2.45) is 0 Å². The lowest BCUT2D eigenvalue weighted by Gasteiger charge is -2.19. The Hall–Kier alpha value is -2.78. The number of hydrogen-bond acceptors (Lipinski definition) is 7. The number of carbonyl (C=O) groups excluding carboxylic acids is 1. The number of amides is 1. The predicted molar refractivity (Wildman–Crippen MR) is 116 cm³/mol. The number of H-pyrrole nitrogens is 1. The van der Waals surface area contributed by atoms with Crippen molar-refractivity contribution >= 4 is 39.0 Å². The normalized spacial score (nSPS) is 11.7. The first-order valence-electron chi connectivity index (χ1n) is 9.10. The number of benzene rings is 1. The molecule has 3 heterocycles. The third kappa shape index (κ3) is 4.46. The van der Waals surface area contributed by atoms with Crippen LogP contribution >= 0.6 is 22.7 Å². The molecule has 1 aromatic carbocycles. The standard InChI is InChI=1S/C20H21N5O2S2/c1-11-9-28-18(23-11)17-16(12-5-6-13-14(7-12)29-10-22-13)24-15(25-17)8-21-19(26)27-20(2,3)4/h5-7,9-10H,8H2,1-4H3,(H,21,26)(H,24,25). The second-order valence-electron chi connectivity index (χ2n) is 7.59. The van der Waals surface area contributed by atoms with Gasteiger partial charge in [0.1, 0.15) is 22.1 Å². The Bertz CT molecular complexity index is 1170. The summed E-state index contributed by atoms with van der Waals surface area (Å²) in [5.41, 5.74) is 5.82. The quantitative estimate of drug-likeness (QED) is 0.470. The molecule has 2 N–H and O–H groups in total. The first-order valence-corrected chi connectivity index (χ1v) is 10.9. The van der Waals surface area contributed by atoms with E-state index in [-0.39, 0.29) is 6.54 Å². The van der Waals surface area contributed by atoms with E-state index in [4.69, 9.17) is 9.72 Å². The van der Waals surface area contributed by atoms with Crippen LogP contribution in [0, 0.1) is 6.92 Å². The van der Waals surface area contributed by atoms with Gasteiger partial charge in [0.05, 0.1) is 28.0 Å². The third-order valence-corrected chi connectivity index (χ3v) is 5.76. The maximum absolute atomic E-state index is 12.0. The summed E-state index contributed by atoms with van der Waals surface area (Å²) < 4.78 is 6.40. The second-order valence-corrected chi connectivity index (χ2v) is 9.34. The van der Waals surface area contributed by atoms with Crippen LogP contribution in [0.3, 0.4) is 0 Å². The molecular formula is C20H21N5O2S2. The molecule has 0 saturated carbocycles. The average Bonchev–Trinajstić information content (AvgIpc) is 3.36. The topological polar surface area (TPSA) is 92.8 Å². The van der Waals surface area contributed by atoms with E-state index in [0.717, 1.165) is 37.9 Å². The first-order chi connectivity index (χ1) is 13.8. The van der Waals surface area contributed by atoms with Gasteiger partial charge < -0.3 is 15.0 Å². The van der Waals surface area contributed by atoms with E-state index < -0.39 is 11.7 Å². The summed E-state index contributed by atoms with van der Waals surface area (Å²) in [4.78, 5) is 29.0. The van der Waals surface area contributed by atoms with Crippen LogP contribution in [-0.4, -0.2) is 31.6 Å². The summed E-state index contributed by atoms with van der Waals surface area (Å²) in [7, 11) is 0. The molecule has 0 unspecified atom stereocenters. The van der Waals surface area contributed by atoms with Crippen LogP contribution in [0.5, 0.6) is 0 Å². The molecule has 0 bridgehead atoms. The van der Waals surface area contributed by atoms with E-state index in [1.165, 1.54) is 0 Å². The van der Waals surface area contributed by atoms with E-state index in [1.807, 2.05) is 50.7 Å². The van der Waals surface area contributed by atoms with Crippen molar-refractivity contribution in [1.82, 2.24) is 25.3 Å². The number of alkyl carbamates (subject to hydrolysis) is 1. The molecule has 29 heavy (non-hydrogen) atoms. The van der Waals surface area contributed by atoms with E-state index in [0.29, 0.717) is 5.82 Å². The van der Waals surface area contributed by atoms with Crippen LogP contribution in [0.2, 0.25) is 0 Å². The molecule has 9 heteroatoms. The van der Waals surface area contributed by atoms with Gasteiger partial charge in [0.2, 0.25) is 0 Å². The van der Waals surface area contributed by atoms with Crippen molar-refractivity contribution in [3.8, 4) is 22.0 Å². The minimum absolute atomic E-state index is 0.231. The number of fused-ring (bicyclic) bond motifs is 1. The van der Waals surface area contributed by atoms with Gasteiger partial charge in [-0.25, -0.2) is 19.7 Å². The van der Waals surface area contributed by atoms with E-state index in [9.17, 15) is 4.79 Å². The molecule has 0 saturated heterocycles. The molecule has 4 rings (SSSR count). The highest BCUT2D eigenvalue weighted by Crippen LogP contribution is 2.34. The Kier molecular flexibility index (Phi) is 5.10. The van der Waals surface area contributed by atoms with Crippen LogP contribution in [0.1, 0.15) is 32.3 Å². The van der Waals surface area contributed by atoms with Crippen LogP contribution in [0.4, 0.5) is 4.79 Å². The van der Waals surface area contributed by atoms with Gasteiger partial charge in [-0.15, -0.1) is 22.7 Å². The number of aromatic amines is 1. The number of thiazole rings is 2.